The molecule has 0 radical (unpaired) electrons. The lowest BCUT2D eigenvalue weighted by Gasteiger charge is -2.10. The van der Waals surface area contributed by atoms with Crippen molar-refractivity contribution in [3.63, 3.8) is 0 Å². The third-order valence-corrected chi connectivity index (χ3v) is 4.53. The molecule has 0 fully saturated rings. The van der Waals surface area contributed by atoms with Crippen LogP contribution >= 0.6 is 11.8 Å². The van der Waals surface area contributed by atoms with E-state index in [9.17, 15) is 13.2 Å². The molecule has 148 valence electrons. The van der Waals surface area contributed by atoms with E-state index in [-0.39, 0.29) is 28.6 Å². The number of nitrogens with one attached hydrogen (secondary N) is 1. The molecule has 28 heavy (non-hydrogen) atoms. The first-order valence-electron chi connectivity index (χ1n) is 8.03. The summed E-state index contributed by atoms with van der Waals surface area (Å²) in [5.41, 5.74) is 7.61. The molecule has 0 aliphatic heterocycles. The number of aromatic nitrogens is 6. The van der Waals surface area contributed by atoms with Crippen LogP contribution < -0.4 is 16.9 Å². The fourth-order valence-electron chi connectivity index (χ4n) is 2.33. The third kappa shape index (κ3) is 4.42. The van der Waals surface area contributed by atoms with Crippen molar-refractivity contribution in [1.82, 2.24) is 29.8 Å². The Morgan fingerprint density at radius 3 is 2.57 bits per heavy atom. The molecule has 3 aromatic rings. The number of halogens is 3. The SMILES string of the molecule is CCc1ccccc1Nc1nc(N)nc(CSc2nnc(C(F)(F)F)n2N)n1. The molecule has 2 heterocycles. The van der Waals surface area contributed by atoms with Gasteiger partial charge in [0.25, 0.3) is 5.82 Å². The smallest absolute Gasteiger partial charge is 0.368 e. The number of benzene rings is 1. The van der Waals surface area contributed by atoms with Crippen LogP contribution in [0, 0.1) is 0 Å². The van der Waals surface area contributed by atoms with E-state index in [2.05, 4.69) is 30.5 Å². The van der Waals surface area contributed by atoms with E-state index in [1.54, 1.807) is 0 Å². The van der Waals surface area contributed by atoms with E-state index in [1.165, 1.54) is 0 Å². The number of anilines is 3. The first kappa shape index (κ1) is 19.7. The zero-order valence-corrected chi connectivity index (χ0v) is 15.4. The molecule has 0 aliphatic rings. The molecule has 5 N–H and O–H groups in total. The number of thioether (sulfide) groups is 1. The Labute approximate surface area is 161 Å². The normalized spacial score (nSPS) is 11.6. The zero-order chi connectivity index (χ0) is 20.3. The lowest BCUT2D eigenvalue weighted by atomic mass is 10.1. The summed E-state index contributed by atoms with van der Waals surface area (Å²) in [6, 6.07) is 7.64. The summed E-state index contributed by atoms with van der Waals surface area (Å²) in [6.07, 6.45) is -3.89. The summed E-state index contributed by atoms with van der Waals surface area (Å²) in [7, 11) is 0. The summed E-state index contributed by atoms with van der Waals surface area (Å²) in [5, 5.41) is 9.46. The highest BCUT2D eigenvalue weighted by Crippen LogP contribution is 2.29. The van der Waals surface area contributed by atoms with Crippen molar-refractivity contribution < 1.29 is 13.2 Å². The maximum Gasteiger partial charge on any atom is 0.453 e. The van der Waals surface area contributed by atoms with Gasteiger partial charge in [-0.1, -0.05) is 36.9 Å². The second-order valence-electron chi connectivity index (χ2n) is 5.53. The number of hydrogen-bond acceptors (Lipinski definition) is 9. The minimum Gasteiger partial charge on any atom is -0.368 e. The zero-order valence-electron chi connectivity index (χ0n) is 14.6. The van der Waals surface area contributed by atoms with Crippen LogP contribution in [-0.4, -0.2) is 29.8 Å². The maximum absolute atomic E-state index is 12.7. The van der Waals surface area contributed by atoms with Crippen LogP contribution in [0.2, 0.25) is 0 Å². The second kappa shape index (κ2) is 7.88. The van der Waals surface area contributed by atoms with E-state index in [1.807, 2.05) is 31.2 Å². The Morgan fingerprint density at radius 2 is 1.89 bits per heavy atom. The maximum atomic E-state index is 12.7. The number of nitrogen functional groups attached to an aromatic ring is 2. The molecule has 0 atom stereocenters. The van der Waals surface area contributed by atoms with Crippen molar-refractivity contribution in [1.29, 1.82) is 0 Å². The number of para-hydroxylation sites is 1. The van der Waals surface area contributed by atoms with E-state index < -0.39 is 12.0 Å². The summed E-state index contributed by atoms with van der Waals surface area (Å²) in [6.45, 7) is 2.02. The van der Waals surface area contributed by atoms with Gasteiger partial charge in [-0.2, -0.15) is 28.1 Å². The van der Waals surface area contributed by atoms with Crippen molar-refractivity contribution >= 4 is 29.3 Å². The molecule has 0 bridgehead atoms. The standard InChI is InChI=1S/C15H16F3N9S/c1-2-8-5-3-4-6-9(8)21-13-23-10(22-12(19)24-13)7-28-14-26-25-11(27(14)20)15(16,17)18/h3-6H,2,7,20H2,1H3,(H3,19,21,22,23,24). The van der Waals surface area contributed by atoms with Crippen LogP contribution in [0.15, 0.2) is 29.4 Å². The van der Waals surface area contributed by atoms with Crippen LogP contribution in [0.3, 0.4) is 0 Å². The average Bonchev–Trinajstić information content (AvgIpc) is 3.01. The Balaban J connectivity index is 1.76. The molecule has 0 unspecified atom stereocenters. The molecule has 0 spiro atoms. The Bertz CT molecular complexity index is 974. The number of hydrogen-bond donors (Lipinski definition) is 3. The fourth-order valence-corrected chi connectivity index (χ4v) is 3.04. The molecule has 9 nitrogen and oxygen atoms in total. The first-order valence-corrected chi connectivity index (χ1v) is 9.02. The van der Waals surface area contributed by atoms with Gasteiger partial charge < -0.3 is 16.9 Å². The summed E-state index contributed by atoms with van der Waals surface area (Å²) in [5.74, 6) is 4.66. The number of alkyl halides is 3. The average molecular weight is 411 g/mol. The van der Waals surface area contributed by atoms with Gasteiger partial charge in [-0.25, -0.2) is 4.68 Å². The number of nitrogens with zero attached hydrogens (tertiary/aromatic N) is 6. The molecule has 2 aromatic heterocycles. The molecule has 1 aromatic carbocycles. The highest BCUT2D eigenvalue weighted by atomic mass is 32.2. The predicted octanol–water partition coefficient (Wildman–Crippen LogP) is 2.38. The monoisotopic (exact) mass is 411 g/mol. The molecular weight excluding hydrogens is 395 g/mol. The van der Waals surface area contributed by atoms with Crippen molar-refractivity contribution in [2.75, 3.05) is 16.9 Å². The van der Waals surface area contributed by atoms with Crippen LogP contribution in [0.4, 0.5) is 30.8 Å². The van der Waals surface area contributed by atoms with Gasteiger partial charge in [-0.15, -0.1) is 10.2 Å². The lowest BCUT2D eigenvalue weighted by molar-refractivity contribution is -0.146. The molecular formula is C15H16F3N9S. The predicted molar refractivity (Wildman–Crippen MR) is 98.1 cm³/mol. The van der Waals surface area contributed by atoms with Gasteiger partial charge in [0, 0.05) is 5.69 Å². The largest absolute Gasteiger partial charge is 0.453 e. The number of aryl methyl sites for hydroxylation is 1. The van der Waals surface area contributed by atoms with Gasteiger partial charge in [0.05, 0.1) is 5.75 Å². The summed E-state index contributed by atoms with van der Waals surface area (Å²) < 4.78 is 38.6. The number of rotatable bonds is 6. The quantitative estimate of drug-likeness (QED) is 0.413. The molecule has 3 rings (SSSR count). The molecule has 0 saturated heterocycles. The molecule has 13 heteroatoms. The third-order valence-electron chi connectivity index (χ3n) is 3.59. The van der Waals surface area contributed by atoms with E-state index >= 15 is 0 Å². The van der Waals surface area contributed by atoms with Gasteiger partial charge in [0.1, 0.15) is 5.82 Å². The van der Waals surface area contributed by atoms with Gasteiger partial charge >= 0.3 is 6.18 Å². The van der Waals surface area contributed by atoms with E-state index in [0.717, 1.165) is 29.4 Å². The van der Waals surface area contributed by atoms with E-state index in [0.29, 0.717) is 4.68 Å². The fraction of sp³-hybridized carbons (Fsp3) is 0.267. The Morgan fingerprint density at radius 1 is 1.14 bits per heavy atom. The molecule has 0 amide bonds. The van der Waals surface area contributed by atoms with Crippen molar-refractivity contribution in [3.8, 4) is 0 Å². The highest BCUT2D eigenvalue weighted by Gasteiger charge is 2.38. The van der Waals surface area contributed by atoms with Gasteiger partial charge in [-0.3, -0.25) is 0 Å². The van der Waals surface area contributed by atoms with Crippen LogP contribution in [-0.2, 0) is 18.3 Å². The minimum absolute atomic E-state index is 0.0210. The molecule has 0 saturated carbocycles. The summed E-state index contributed by atoms with van der Waals surface area (Å²) in [4.78, 5) is 12.3. The topological polar surface area (TPSA) is 133 Å². The minimum atomic E-state index is -4.69. The van der Waals surface area contributed by atoms with Crippen molar-refractivity contribution in [3.05, 3.63) is 41.5 Å². The highest BCUT2D eigenvalue weighted by molar-refractivity contribution is 7.98. The van der Waals surface area contributed by atoms with Crippen molar-refractivity contribution in [2.24, 2.45) is 0 Å². The van der Waals surface area contributed by atoms with Crippen LogP contribution in [0.5, 0.6) is 0 Å². The van der Waals surface area contributed by atoms with Crippen molar-refractivity contribution in [2.45, 2.75) is 30.4 Å². The second-order valence-corrected chi connectivity index (χ2v) is 6.47. The van der Waals surface area contributed by atoms with Gasteiger partial charge in [-0.05, 0) is 18.1 Å². The van der Waals surface area contributed by atoms with Gasteiger partial charge in [0.2, 0.25) is 17.1 Å². The molecule has 0 aliphatic carbocycles. The van der Waals surface area contributed by atoms with E-state index in [4.69, 9.17) is 11.6 Å². The lowest BCUT2D eigenvalue weighted by Crippen LogP contribution is -2.21. The van der Waals surface area contributed by atoms with Crippen LogP contribution in [0.25, 0.3) is 0 Å². The Kier molecular flexibility index (Phi) is 5.53. The van der Waals surface area contributed by atoms with Crippen LogP contribution in [0.1, 0.15) is 24.1 Å². The first-order chi connectivity index (χ1) is 13.3. The summed E-state index contributed by atoms with van der Waals surface area (Å²) >= 11 is 0.897. The van der Waals surface area contributed by atoms with Gasteiger partial charge in [0.15, 0.2) is 0 Å². The number of nitrogens with two attached hydrogens (primary N) is 2. The Hall–Kier alpha value is -3.09.